The van der Waals surface area contributed by atoms with Crippen molar-refractivity contribution in [2.24, 2.45) is 5.92 Å². The van der Waals surface area contributed by atoms with Crippen LogP contribution in [0.2, 0.25) is 0 Å². The summed E-state index contributed by atoms with van der Waals surface area (Å²) in [5.41, 5.74) is 0.0422. The predicted octanol–water partition coefficient (Wildman–Crippen LogP) is 2.96. The van der Waals surface area contributed by atoms with E-state index >= 15 is 0 Å². The van der Waals surface area contributed by atoms with Gasteiger partial charge < -0.3 is 5.32 Å². The van der Waals surface area contributed by atoms with Gasteiger partial charge in [0.2, 0.25) is 5.91 Å². The van der Waals surface area contributed by atoms with Crippen molar-refractivity contribution < 1.29 is 10.0 Å². The molecule has 1 aromatic carbocycles. The van der Waals surface area contributed by atoms with E-state index in [9.17, 15) is 10.0 Å². The van der Waals surface area contributed by atoms with Crippen molar-refractivity contribution in [3.63, 3.8) is 0 Å². The van der Waals surface area contributed by atoms with Gasteiger partial charge in [-0.2, -0.15) is 0 Å². The van der Waals surface area contributed by atoms with Gasteiger partial charge in [0.25, 0.3) is 0 Å². The summed E-state index contributed by atoms with van der Waals surface area (Å²) in [6.45, 7) is 9.54. The molecule has 22 heavy (non-hydrogen) atoms. The SMILES string of the molecule is CC(Cc1ccccc1)NC(=O)C1CC(C)(C)N([O])C1(C)C. The molecule has 1 aliphatic rings. The fraction of sp³-hybridized carbons (Fsp3) is 0.611. The molecule has 1 amide bonds. The first-order valence-corrected chi connectivity index (χ1v) is 7.96. The molecular weight excluding hydrogens is 276 g/mol. The van der Waals surface area contributed by atoms with Gasteiger partial charge in [0, 0.05) is 11.6 Å². The van der Waals surface area contributed by atoms with E-state index in [1.54, 1.807) is 0 Å². The predicted molar refractivity (Wildman–Crippen MR) is 86.5 cm³/mol. The van der Waals surface area contributed by atoms with Gasteiger partial charge in [-0.05, 0) is 53.0 Å². The highest BCUT2D eigenvalue weighted by atomic mass is 16.5. The highest BCUT2D eigenvalue weighted by Gasteiger charge is 2.55. The first kappa shape index (κ1) is 17.0. The molecule has 2 rings (SSSR count). The van der Waals surface area contributed by atoms with E-state index < -0.39 is 11.1 Å². The van der Waals surface area contributed by atoms with Crippen LogP contribution < -0.4 is 5.32 Å². The van der Waals surface area contributed by atoms with Crippen molar-refractivity contribution in [2.75, 3.05) is 0 Å². The number of carbonyl (C=O) groups excluding carboxylic acids is 1. The minimum absolute atomic E-state index is 0.0140. The zero-order chi connectivity index (χ0) is 16.5. The van der Waals surface area contributed by atoms with Gasteiger partial charge in [0.15, 0.2) is 0 Å². The third-order valence-corrected chi connectivity index (χ3v) is 4.72. The zero-order valence-corrected chi connectivity index (χ0v) is 14.2. The van der Waals surface area contributed by atoms with Gasteiger partial charge in [-0.3, -0.25) is 4.79 Å². The minimum Gasteiger partial charge on any atom is -0.353 e. The Morgan fingerprint density at radius 1 is 1.27 bits per heavy atom. The van der Waals surface area contributed by atoms with Crippen molar-refractivity contribution in [3.05, 3.63) is 35.9 Å². The van der Waals surface area contributed by atoms with Crippen LogP contribution >= 0.6 is 0 Å². The number of nitrogens with one attached hydrogen (secondary N) is 1. The molecule has 0 aromatic heterocycles. The third-order valence-electron chi connectivity index (χ3n) is 4.72. The van der Waals surface area contributed by atoms with E-state index in [4.69, 9.17) is 0 Å². The topological polar surface area (TPSA) is 52.2 Å². The maximum absolute atomic E-state index is 12.6. The molecule has 1 saturated heterocycles. The summed E-state index contributed by atoms with van der Waals surface area (Å²) < 4.78 is 0. The Morgan fingerprint density at radius 2 is 1.86 bits per heavy atom. The van der Waals surface area contributed by atoms with Crippen LogP contribution in [0.5, 0.6) is 0 Å². The fourth-order valence-electron chi connectivity index (χ4n) is 3.53. The number of benzene rings is 1. The van der Waals surface area contributed by atoms with Crippen LogP contribution in [-0.2, 0) is 16.4 Å². The molecule has 121 valence electrons. The lowest BCUT2D eigenvalue weighted by atomic mass is 9.86. The average molecular weight is 303 g/mol. The van der Waals surface area contributed by atoms with Crippen LogP contribution in [0.1, 0.15) is 46.6 Å². The second-order valence-electron chi connectivity index (χ2n) is 7.62. The van der Waals surface area contributed by atoms with Gasteiger partial charge in [0.05, 0.1) is 11.5 Å². The molecule has 1 aliphatic heterocycles. The standard InChI is InChI=1S/C18H27N2O2/c1-13(11-14-9-7-6-8-10-14)19-16(21)15-12-17(2,3)20(22)18(15,4)5/h6-10,13,15H,11-12H2,1-5H3,(H,19,21). The molecule has 0 saturated carbocycles. The molecule has 0 spiro atoms. The first-order chi connectivity index (χ1) is 10.1. The number of carbonyl (C=O) groups is 1. The molecule has 1 aromatic rings. The lowest BCUT2D eigenvalue weighted by Crippen LogP contribution is -2.50. The summed E-state index contributed by atoms with van der Waals surface area (Å²) in [7, 11) is 0. The van der Waals surface area contributed by atoms with Crippen molar-refractivity contribution in [1.82, 2.24) is 10.4 Å². The van der Waals surface area contributed by atoms with Gasteiger partial charge >= 0.3 is 0 Å². The molecular formula is C18H27N2O2. The van der Waals surface area contributed by atoms with Crippen molar-refractivity contribution >= 4 is 5.91 Å². The second kappa shape index (κ2) is 6.01. The van der Waals surface area contributed by atoms with Crippen LogP contribution in [0, 0.1) is 5.92 Å². The van der Waals surface area contributed by atoms with Crippen LogP contribution in [0.4, 0.5) is 0 Å². The molecule has 2 unspecified atom stereocenters. The second-order valence-corrected chi connectivity index (χ2v) is 7.62. The zero-order valence-electron chi connectivity index (χ0n) is 14.2. The smallest absolute Gasteiger partial charge is 0.225 e. The summed E-state index contributed by atoms with van der Waals surface area (Å²) in [6, 6.07) is 10.2. The lowest BCUT2D eigenvalue weighted by molar-refractivity contribution is -0.247. The molecule has 0 bridgehead atoms. The normalized spacial score (nSPS) is 24.9. The first-order valence-electron chi connectivity index (χ1n) is 7.96. The summed E-state index contributed by atoms with van der Waals surface area (Å²) >= 11 is 0. The van der Waals surface area contributed by atoms with E-state index in [1.165, 1.54) is 5.56 Å². The summed E-state index contributed by atoms with van der Waals surface area (Å²) in [4.78, 5) is 12.6. The van der Waals surface area contributed by atoms with E-state index in [0.717, 1.165) is 11.5 Å². The molecule has 1 radical (unpaired) electrons. The largest absolute Gasteiger partial charge is 0.353 e. The third kappa shape index (κ3) is 3.33. The number of nitrogens with zero attached hydrogens (tertiary/aromatic N) is 1. The molecule has 1 N–H and O–H groups in total. The van der Waals surface area contributed by atoms with Crippen LogP contribution in [-0.4, -0.2) is 28.1 Å². The Kier molecular flexibility index (Phi) is 4.64. The molecule has 4 heteroatoms. The Bertz CT molecular complexity index is 525. The monoisotopic (exact) mass is 303 g/mol. The lowest BCUT2D eigenvalue weighted by Gasteiger charge is -2.33. The maximum Gasteiger partial charge on any atom is 0.225 e. The molecule has 4 nitrogen and oxygen atoms in total. The fourth-order valence-corrected chi connectivity index (χ4v) is 3.53. The highest BCUT2D eigenvalue weighted by Crippen LogP contribution is 2.43. The van der Waals surface area contributed by atoms with Gasteiger partial charge in [-0.1, -0.05) is 30.3 Å². The number of hydroxylamine groups is 2. The Hall–Kier alpha value is -1.39. The summed E-state index contributed by atoms with van der Waals surface area (Å²) in [5, 5.41) is 16.5. The van der Waals surface area contributed by atoms with E-state index in [-0.39, 0.29) is 17.9 Å². The Labute approximate surface area is 133 Å². The maximum atomic E-state index is 12.6. The Morgan fingerprint density at radius 3 is 2.36 bits per heavy atom. The van der Waals surface area contributed by atoms with E-state index in [2.05, 4.69) is 17.4 Å². The summed E-state index contributed by atoms with van der Waals surface area (Å²) in [5.74, 6) is -0.293. The summed E-state index contributed by atoms with van der Waals surface area (Å²) in [6.07, 6.45) is 1.39. The number of hydrogen-bond acceptors (Lipinski definition) is 2. The number of amides is 1. The minimum atomic E-state index is -0.667. The molecule has 0 aliphatic carbocycles. The van der Waals surface area contributed by atoms with Crippen molar-refractivity contribution in [3.8, 4) is 0 Å². The van der Waals surface area contributed by atoms with Crippen molar-refractivity contribution in [2.45, 2.75) is 64.6 Å². The average Bonchev–Trinajstić information content (AvgIpc) is 2.60. The van der Waals surface area contributed by atoms with Gasteiger partial charge in [-0.15, -0.1) is 10.3 Å². The Balaban J connectivity index is 2.00. The molecule has 2 atom stereocenters. The van der Waals surface area contributed by atoms with Gasteiger partial charge in [-0.25, -0.2) is 0 Å². The van der Waals surface area contributed by atoms with E-state index in [0.29, 0.717) is 6.42 Å². The molecule has 1 fully saturated rings. The molecule has 1 heterocycles. The van der Waals surface area contributed by atoms with Crippen LogP contribution in [0.25, 0.3) is 0 Å². The number of rotatable bonds is 4. The van der Waals surface area contributed by atoms with Crippen LogP contribution in [0.15, 0.2) is 30.3 Å². The van der Waals surface area contributed by atoms with E-state index in [1.807, 2.05) is 52.8 Å². The number of hydrogen-bond donors (Lipinski definition) is 1. The highest BCUT2D eigenvalue weighted by molar-refractivity contribution is 5.81. The van der Waals surface area contributed by atoms with Crippen LogP contribution in [0.3, 0.4) is 0 Å². The van der Waals surface area contributed by atoms with Gasteiger partial charge in [0.1, 0.15) is 0 Å². The van der Waals surface area contributed by atoms with Crippen molar-refractivity contribution in [1.29, 1.82) is 0 Å². The quantitative estimate of drug-likeness (QED) is 0.929.